The average molecular weight is 488 g/mol. The Labute approximate surface area is 199 Å². The number of hydrogen-bond acceptors (Lipinski definition) is 6. The second kappa shape index (κ2) is 10.4. The van der Waals surface area contributed by atoms with Crippen LogP contribution in [0.4, 0.5) is 0 Å². The first kappa shape index (κ1) is 22.6. The van der Waals surface area contributed by atoms with Gasteiger partial charge in [0.05, 0.1) is 36.7 Å². The van der Waals surface area contributed by atoms with Crippen molar-refractivity contribution < 1.29 is 14.3 Å². The molecule has 9 heteroatoms. The third-order valence-corrected chi connectivity index (χ3v) is 7.34. The van der Waals surface area contributed by atoms with Crippen LogP contribution in [0.5, 0.6) is 5.75 Å². The maximum atomic E-state index is 12.9. The third kappa shape index (κ3) is 5.26. The molecule has 4 rings (SSSR count). The first-order chi connectivity index (χ1) is 15.5. The van der Waals surface area contributed by atoms with Crippen molar-refractivity contribution in [3.05, 3.63) is 70.2 Å². The molecule has 1 fully saturated rings. The number of hydrogen-bond donors (Lipinski definition) is 1. The first-order valence-electron chi connectivity index (χ1n) is 10.0. The lowest BCUT2D eigenvalue weighted by Gasteiger charge is -2.23. The predicted molar refractivity (Wildman–Crippen MR) is 129 cm³/mol. The zero-order valence-corrected chi connectivity index (χ0v) is 19.8. The van der Waals surface area contributed by atoms with Gasteiger partial charge in [0.15, 0.2) is 0 Å². The molecule has 1 N–H and O–H groups in total. The normalized spacial score (nSPS) is 15.6. The van der Waals surface area contributed by atoms with Gasteiger partial charge in [-0.25, -0.2) is 4.98 Å². The van der Waals surface area contributed by atoms with Gasteiger partial charge in [-0.15, -0.1) is 23.1 Å². The predicted octanol–water partition coefficient (Wildman–Crippen LogP) is 4.23. The van der Waals surface area contributed by atoms with E-state index in [1.54, 1.807) is 47.2 Å². The highest BCUT2D eigenvalue weighted by Crippen LogP contribution is 2.27. The standard InChI is InChI=1S/C23H22ClN3O3S2/c1-30-20-8-7-15(9-18(20)24)10-21(28)27-14-31-13-19(27)22(29)25-11-17-12-32-23(26-17)16-5-3-2-4-6-16/h2-9,12,19H,10-11,13-14H2,1H3,(H,25,29)/t19-/m1/s1. The molecule has 32 heavy (non-hydrogen) atoms. The topological polar surface area (TPSA) is 71.5 Å². The second-order valence-electron chi connectivity index (χ2n) is 7.25. The number of carbonyl (C=O) groups excluding carboxylic acids is 2. The number of ether oxygens (including phenoxy) is 1. The Bertz CT molecular complexity index is 1110. The van der Waals surface area contributed by atoms with Crippen molar-refractivity contribution in [3.63, 3.8) is 0 Å². The van der Waals surface area contributed by atoms with E-state index in [1.165, 1.54) is 0 Å². The van der Waals surface area contributed by atoms with Gasteiger partial charge in [0.1, 0.15) is 16.8 Å². The summed E-state index contributed by atoms with van der Waals surface area (Å²) in [7, 11) is 1.55. The maximum Gasteiger partial charge on any atom is 0.244 e. The molecule has 1 aliphatic rings. The summed E-state index contributed by atoms with van der Waals surface area (Å²) in [6, 6.07) is 14.7. The Kier molecular flexibility index (Phi) is 7.34. The molecule has 1 atom stereocenters. The summed E-state index contributed by atoms with van der Waals surface area (Å²) in [6.45, 7) is 0.333. The van der Waals surface area contributed by atoms with Gasteiger partial charge in [0.25, 0.3) is 0 Å². The molecule has 2 heterocycles. The van der Waals surface area contributed by atoms with Crippen molar-refractivity contribution in [1.29, 1.82) is 0 Å². The molecule has 0 aliphatic carbocycles. The maximum absolute atomic E-state index is 12.9. The highest BCUT2D eigenvalue weighted by atomic mass is 35.5. The summed E-state index contributed by atoms with van der Waals surface area (Å²) in [5, 5.41) is 6.26. The zero-order valence-electron chi connectivity index (χ0n) is 17.4. The summed E-state index contributed by atoms with van der Waals surface area (Å²) in [5.74, 6) is 1.37. The largest absolute Gasteiger partial charge is 0.495 e. The molecular formula is C23H22ClN3O3S2. The lowest BCUT2D eigenvalue weighted by atomic mass is 10.1. The first-order valence-corrected chi connectivity index (χ1v) is 12.4. The van der Waals surface area contributed by atoms with Gasteiger partial charge >= 0.3 is 0 Å². The van der Waals surface area contributed by atoms with Gasteiger partial charge in [-0.2, -0.15) is 0 Å². The van der Waals surface area contributed by atoms with E-state index in [0.29, 0.717) is 28.9 Å². The molecule has 6 nitrogen and oxygen atoms in total. The summed E-state index contributed by atoms with van der Waals surface area (Å²) in [5.41, 5.74) is 2.64. The number of thiazole rings is 1. The van der Waals surface area contributed by atoms with E-state index in [4.69, 9.17) is 16.3 Å². The number of benzene rings is 2. The highest BCUT2D eigenvalue weighted by Gasteiger charge is 2.34. The van der Waals surface area contributed by atoms with Crippen LogP contribution in [0.1, 0.15) is 11.3 Å². The molecular weight excluding hydrogens is 466 g/mol. The number of rotatable bonds is 7. The fourth-order valence-electron chi connectivity index (χ4n) is 3.40. The number of methoxy groups -OCH3 is 1. The van der Waals surface area contributed by atoms with Crippen LogP contribution in [-0.4, -0.2) is 46.5 Å². The van der Waals surface area contributed by atoms with Gasteiger partial charge in [0, 0.05) is 16.7 Å². The Morgan fingerprint density at radius 1 is 1.25 bits per heavy atom. The van der Waals surface area contributed by atoms with Crippen LogP contribution < -0.4 is 10.1 Å². The molecule has 0 radical (unpaired) electrons. The van der Waals surface area contributed by atoms with Gasteiger partial charge in [0.2, 0.25) is 11.8 Å². The van der Waals surface area contributed by atoms with E-state index in [9.17, 15) is 9.59 Å². The van der Waals surface area contributed by atoms with Crippen LogP contribution in [0.3, 0.4) is 0 Å². The summed E-state index contributed by atoms with van der Waals surface area (Å²) in [4.78, 5) is 31.9. The number of thioether (sulfide) groups is 1. The number of halogens is 1. The fraction of sp³-hybridized carbons (Fsp3) is 0.261. The van der Waals surface area contributed by atoms with Crippen molar-refractivity contribution in [3.8, 4) is 16.3 Å². The SMILES string of the molecule is COc1ccc(CC(=O)N2CSC[C@@H]2C(=O)NCc2csc(-c3ccccc3)n2)cc1Cl. The number of carbonyl (C=O) groups is 2. The molecule has 0 bridgehead atoms. The molecule has 3 aromatic rings. The quantitative estimate of drug-likeness (QED) is 0.540. The molecule has 2 aromatic carbocycles. The smallest absolute Gasteiger partial charge is 0.244 e. The van der Waals surface area contributed by atoms with Crippen LogP contribution in [0.25, 0.3) is 10.6 Å². The number of nitrogens with zero attached hydrogens (tertiary/aromatic N) is 2. The number of amides is 2. The fourth-order valence-corrected chi connectivity index (χ4v) is 5.69. The Morgan fingerprint density at radius 2 is 2.06 bits per heavy atom. The molecule has 166 valence electrons. The molecule has 2 amide bonds. The second-order valence-corrected chi connectivity index (χ2v) is 9.52. The molecule has 0 unspecified atom stereocenters. The zero-order chi connectivity index (χ0) is 22.5. The lowest BCUT2D eigenvalue weighted by Crippen LogP contribution is -2.47. The minimum atomic E-state index is -0.492. The molecule has 1 aliphatic heterocycles. The van der Waals surface area contributed by atoms with Crippen LogP contribution in [0.2, 0.25) is 5.02 Å². The van der Waals surface area contributed by atoms with Gasteiger partial charge in [-0.05, 0) is 17.7 Å². The van der Waals surface area contributed by atoms with Crippen molar-refractivity contribution in [2.75, 3.05) is 18.7 Å². The van der Waals surface area contributed by atoms with Crippen molar-refractivity contribution >= 4 is 46.5 Å². The molecule has 1 aromatic heterocycles. The lowest BCUT2D eigenvalue weighted by molar-refractivity contribution is -0.137. The van der Waals surface area contributed by atoms with Gasteiger partial charge in [-0.3, -0.25) is 9.59 Å². The molecule has 1 saturated heterocycles. The summed E-state index contributed by atoms with van der Waals surface area (Å²) in [6.07, 6.45) is 0.181. The molecule has 0 saturated carbocycles. The van der Waals surface area contributed by atoms with E-state index >= 15 is 0 Å². The third-order valence-electron chi connectivity index (χ3n) is 5.09. The van der Waals surface area contributed by atoms with E-state index in [-0.39, 0.29) is 18.2 Å². The van der Waals surface area contributed by atoms with Crippen LogP contribution in [-0.2, 0) is 22.6 Å². The van der Waals surface area contributed by atoms with Gasteiger partial charge in [-0.1, -0.05) is 48.0 Å². The minimum absolute atomic E-state index is 0.101. The van der Waals surface area contributed by atoms with E-state index in [1.807, 2.05) is 41.8 Å². The van der Waals surface area contributed by atoms with Crippen LogP contribution >= 0.6 is 34.7 Å². The Balaban J connectivity index is 1.34. The van der Waals surface area contributed by atoms with E-state index < -0.39 is 6.04 Å². The number of aromatic nitrogens is 1. The van der Waals surface area contributed by atoms with Crippen LogP contribution in [0.15, 0.2) is 53.9 Å². The molecule has 0 spiro atoms. The average Bonchev–Trinajstić information content (AvgIpc) is 3.48. The summed E-state index contributed by atoms with van der Waals surface area (Å²) < 4.78 is 5.16. The van der Waals surface area contributed by atoms with Crippen molar-refractivity contribution in [1.82, 2.24) is 15.2 Å². The Hall–Kier alpha value is -2.55. The summed E-state index contributed by atoms with van der Waals surface area (Å²) >= 11 is 9.29. The van der Waals surface area contributed by atoms with Crippen molar-refractivity contribution in [2.45, 2.75) is 19.0 Å². The number of nitrogens with one attached hydrogen (secondary N) is 1. The monoisotopic (exact) mass is 487 g/mol. The minimum Gasteiger partial charge on any atom is -0.495 e. The van der Waals surface area contributed by atoms with Crippen LogP contribution in [0, 0.1) is 0 Å². The van der Waals surface area contributed by atoms with Gasteiger partial charge < -0.3 is 15.0 Å². The Morgan fingerprint density at radius 3 is 2.81 bits per heavy atom. The van der Waals surface area contributed by atoms with E-state index in [0.717, 1.165) is 21.8 Å². The van der Waals surface area contributed by atoms with E-state index in [2.05, 4.69) is 10.3 Å². The highest BCUT2D eigenvalue weighted by molar-refractivity contribution is 7.99. The van der Waals surface area contributed by atoms with Crippen molar-refractivity contribution in [2.24, 2.45) is 0 Å².